The van der Waals surface area contributed by atoms with Crippen LogP contribution in [0.5, 0.6) is 0 Å². The van der Waals surface area contributed by atoms with Gasteiger partial charge in [0.25, 0.3) is 5.91 Å². The molecule has 2 heterocycles. The van der Waals surface area contributed by atoms with E-state index in [0.29, 0.717) is 18.0 Å². The number of carbonyl (C=O) groups is 1. The Morgan fingerprint density at radius 3 is 2.48 bits per heavy atom. The van der Waals surface area contributed by atoms with Crippen LogP contribution in [0.3, 0.4) is 0 Å². The standard InChI is InChI=1S/C24H27BrN4O2/c1-2-28-12-14-29(15-13-28)22(18-6-4-3-5-7-18)17-26-24(30)21-16-23(31-27-21)19-8-10-20(25)11-9-19/h3-11,16,22H,2,12-15,17H2,1H3,(H,26,30)/t22-/m0/s1. The molecule has 0 bridgehead atoms. The zero-order chi connectivity index (χ0) is 21.6. The van der Waals surface area contributed by atoms with E-state index in [1.807, 2.05) is 30.3 Å². The maximum absolute atomic E-state index is 12.8. The van der Waals surface area contributed by atoms with E-state index >= 15 is 0 Å². The van der Waals surface area contributed by atoms with E-state index in [2.05, 4.69) is 67.4 Å². The average Bonchev–Trinajstić information content (AvgIpc) is 3.31. The summed E-state index contributed by atoms with van der Waals surface area (Å²) in [6.07, 6.45) is 0. The van der Waals surface area contributed by atoms with Gasteiger partial charge in [-0.3, -0.25) is 9.69 Å². The van der Waals surface area contributed by atoms with Crippen molar-refractivity contribution >= 4 is 21.8 Å². The monoisotopic (exact) mass is 482 g/mol. The lowest BCUT2D eigenvalue weighted by molar-refractivity contribution is 0.0849. The second kappa shape index (κ2) is 10.2. The molecule has 1 aliphatic heterocycles. The topological polar surface area (TPSA) is 61.6 Å². The van der Waals surface area contributed by atoms with Crippen LogP contribution in [0.4, 0.5) is 0 Å². The van der Waals surface area contributed by atoms with Crippen LogP contribution in [0, 0.1) is 0 Å². The fourth-order valence-corrected chi connectivity index (χ4v) is 4.20. The highest BCUT2D eigenvalue weighted by atomic mass is 79.9. The zero-order valence-corrected chi connectivity index (χ0v) is 19.2. The van der Waals surface area contributed by atoms with Gasteiger partial charge in [0.2, 0.25) is 0 Å². The molecule has 0 unspecified atom stereocenters. The van der Waals surface area contributed by atoms with Gasteiger partial charge in [0, 0.05) is 48.8 Å². The van der Waals surface area contributed by atoms with Crippen LogP contribution in [-0.4, -0.2) is 60.1 Å². The van der Waals surface area contributed by atoms with Gasteiger partial charge in [-0.2, -0.15) is 0 Å². The summed E-state index contributed by atoms with van der Waals surface area (Å²) < 4.78 is 6.39. The quantitative estimate of drug-likeness (QED) is 0.546. The zero-order valence-electron chi connectivity index (χ0n) is 17.6. The van der Waals surface area contributed by atoms with Crippen molar-refractivity contribution in [1.29, 1.82) is 0 Å². The number of piperazine rings is 1. The lowest BCUT2D eigenvalue weighted by Gasteiger charge is -2.39. The molecule has 2 aromatic carbocycles. The van der Waals surface area contributed by atoms with Gasteiger partial charge in [-0.15, -0.1) is 0 Å². The highest BCUT2D eigenvalue weighted by Crippen LogP contribution is 2.24. The van der Waals surface area contributed by atoms with Gasteiger partial charge >= 0.3 is 0 Å². The Bertz CT molecular complexity index is 982. The lowest BCUT2D eigenvalue weighted by atomic mass is 10.0. The Balaban J connectivity index is 1.43. The van der Waals surface area contributed by atoms with Crippen molar-refractivity contribution < 1.29 is 9.32 Å². The SMILES string of the molecule is CCN1CCN([C@@H](CNC(=O)c2cc(-c3ccc(Br)cc3)on2)c2ccccc2)CC1. The molecule has 162 valence electrons. The second-order valence-corrected chi connectivity index (χ2v) is 8.61. The molecule has 0 radical (unpaired) electrons. The summed E-state index contributed by atoms with van der Waals surface area (Å²) in [4.78, 5) is 17.7. The molecule has 1 amide bonds. The number of rotatable bonds is 7. The third kappa shape index (κ3) is 5.42. The van der Waals surface area contributed by atoms with Gasteiger partial charge in [0.15, 0.2) is 11.5 Å². The van der Waals surface area contributed by atoms with Crippen molar-refractivity contribution in [2.24, 2.45) is 0 Å². The number of nitrogens with one attached hydrogen (secondary N) is 1. The summed E-state index contributed by atoms with van der Waals surface area (Å²) in [6, 6.07) is 19.9. The fraction of sp³-hybridized carbons (Fsp3) is 0.333. The van der Waals surface area contributed by atoms with Crippen molar-refractivity contribution in [2.75, 3.05) is 39.3 Å². The minimum Gasteiger partial charge on any atom is -0.355 e. The van der Waals surface area contributed by atoms with Crippen molar-refractivity contribution in [3.8, 4) is 11.3 Å². The highest BCUT2D eigenvalue weighted by Gasteiger charge is 2.25. The molecule has 1 saturated heterocycles. The first-order valence-electron chi connectivity index (χ1n) is 10.7. The summed E-state index contributed by atoms with van der Waals surface area (Å²) in [6.45, 7) is 7.87. The number of benzene rings is 2. The molecule has 1 fully saturated rings. The number of likely N-dealkylation sites (N-methyl/N-ethyl adjacent to an activating group) is 1. The van der Waals surface area contributed by atoms with Crippen LogP contribution < -0.4 is 5.32 Å². The van der Waals surface area contributed by atoms with E-state index in [1.165, 1.54) is 5.56 Å². The third-order valence-electron chi connectivity index (χ3n) is 5.81. The summed E-state index contributed by atoms with van der Waals surface area (Å²) in [5.41, 5.74) is 2.38. The van der Waals surface area contributed by atoms with E-state index < -0.39 is 0 Å². The molecule has 1 aliphatic rings. The summed E-state index contributed by atoms with van der Waals surface area (Å²) in [5.74, 6) is 0.355. The predicted octanol–water partition coefficient (Wildman–Crippen LogP) is 4.21. The lowest BCUT2D eigenvalue weighted by Crippen LogP contribution is -2.49. The van der Waals surface area contributed by atoms with E-state index in [9.17, 15) is 4.79 Å². The molecule has 4 rings (SSSR count). The second-order valence-electron chi connectivity index (χ2n) is 7.69. The minimum absolute atomic E-state index is 0.127. The molecular weight excluding hydrogens is 456 g/mol. The average molecular weight is 483 g/mol. The first-order chi connectivity index (χ1) is 15.1. The number of nitrogens with zero attached hydrogens (tertiary/aromatic N) is 3. The number of hydrogen-bond acceptors (Lipinski definition) is 5. The molecule has 1 atom stereocenters. The number of hydrogen-bond donors (Lipinski definition) is 1. The van der Waals surface area contributed by atoms with Crippen molar-refractivity contribution in [3.05, 3.63) is 76.4 Å². The van der Waals surface area contributed by atoms with Gasteiger partial charge in [0.1, 0.15) is 0 Å². The summed E-state index contributed by atoms with van der Waals surface area (Å²) in [7, 11) is 0. The van der Waals surface area contributed by atoms with Crippen LogP contribution in [0.25, 0.3) is 11.3 Å². The van der Waals surface area contributed by atoms with Crippen LogP contribution in [0.15, 0.2) is 69.7 Å². The Morgan fingerprint density at radius 2 is 1.81 bits per heavy atom. The van der Waals surface area contributed by atoms with Gasteiger partial charge < -0.3 is 14.7 Å². The van der Waals surface area contributed by atoms with Crippen LogP contribution in [-0.2, 0) is 0 Å². The van der Waals surface area contributed by atoms with E-state index in [4.69, 9.17) is 4.52 Å². The maximum atomic E-state index is 12.8. The molecule has 31 heavy (non-hydrogen) atoms. The van der Waals surface area contributed by atoms with Gasteiger partial charge in [-0.25, -0.2) is 0 Å². The summed E-state index contributed by atoms with van der Waals surface area (Å²) in [5, 5.41) is 7.05. The molecule has 6 nitrogen and oxygen atoms in total. The van der Waals surface area contributed by atoms with Crippen LogP contribution in [0.1, 0.15) is 29.0 Å². The van der Waals surface area contributed by atoms with Crippen molar-refractivity contribution in [1.82, 2.24) is 20.3 Å². The number of amides is 1. The normalized spacial score (nSPS) is 16.2. The first kappa shape index (κ1) is 21.7. The van der Waals surface area contributed by atoms with Crippen molar-refractivity contribution in [2.45, 2.75) is 13.0 Å². The van der Waals surface area contributed by atoms with Gasteiger partial charge in [0.05, 0.1) is 6.04 Å². The molecule has 1 N–H and O–H groups in total. The molecule has 7 heteroatoms. The first-order valence-corrected chi connectivity index (χ1v) is 11.5. The Hall–Kier alpha value is -2.48. The van der Waals surface area contributed by atoms with Crippen molar-refractivity contribution in [3.63, 3.8) is 0 Å². The Kier molecular flexibility index (Phi) is 7.17. The highest BCUT2D eigenvalue weighted by molar-refractivity contribution is 9.10. The molecular formula is C24H27BrN4O2. The Morgan fingerprint density at radius 1 is 1.10 bits per heavy atom. The maximum Gasteiger partial charge on any atom is 0.273 e. The van der Waals surface area contributed by atoms with Gasteiger partial charge in [-0.05, 0) is 24.2 Å². The fourth-order valence-electron chi connectivity index (χ4n) is 3.94. The molecule has 0 spiro atoms. The predicted molar refractivity (Wildman–Crippen MR) is 125 cm³/mol. The largest absolute Gasteiger partial charge is 0.355 e. The molecule has 1 aromatic heterocycles. The van der Waals surface area contributed by atoms with E-state index in [0.717, 1.165) is 42.8 Å². The molecule has 0 aliphatic carbocycles. The Labute approximate surface area is 191 Å². The van der Waals surface area contributed by atoms with Gasteiger partial charge in [-0.1, -0.05) is 70.5 Å². The van der Waals surface area contributed by atoms with Crippen LogP contribution >= 0.6 is 15.9 Å². The van der Waals surface area contributed by atoms with Crippen LogP contribution in [0.2, 0.25) is 0 Å². The molecule has 3 aromatic rings. The number of halogens is 1. The third-order valence-corrected chi connectivity index (χ3v) is 6.34. The molecule has 0 saturated carbocycles. The van der Waals surface area contributed by atoms with E-state index in [-0.39, 0.29) is 11.9 Å². The smallest absolute Gasteiger partial charge is 0.273 e. The minimum atomic E-state index is -0.222. The number of carbonyl (C=O) groups excluding carboxylic acids is 1. The summed E-state index contributed by atoms with van der Waals surface area (Å²) >= 11 is 3.42. The van der Waals surface area contributed by atoms with E-state index in [1.54, 1.807) is 6.07 Å². The number of aromatic nitrogens is 1.